The summed E-state index contributed by atoms with van der Waals surface area (Å²) in [6.07, 6.45) is 6.28. The van der Waals surface area contributed by atoms with E-state index in [0.29, 0.717) is 5.37 Å². The lowest BCUT2D eigenvalue weighted by Crippen LogP contribution is -2.11. The molecule has 1 unspecified atom stereocenters. The zero-order valence-electron chi connectivity index (χ0n) is 15.7. The molecule has 1 fully saturated rings. The van der Waals surface area contributed by atoms with Gasteiger partial charge in [0.05, 0.1) is 22.3 Å². The zero-order chi connectivity index (χ0) is 19.2. The Bertz CT molecular complexity index is 1210. The Hall–Kier alpha value is -3.12. The first-order valence-electron chi connectivity index (χ1n) is 9.85. The molecule has 6 heteroatoms. The molecule has 1 aliphatic carbocycles. The van der Waals surface area contributed by atoms with Crippen LogP contribution in [0.2, 0.25) is 0 Å². The highest BCUT2D eigenvalue weighted by Crippen LogP contribution is 2.49. The minimum absolute atomic E-state index is 0.524. The summed E-state index contributed by atoms with van der Waals surface area (Å²) in [4.78, 5) is 15.2. The molecule has 4 heterocycles. The highest BCUT2D eigenvalue weighted by Gasteiger charge is 2.35. The van der Waals surface area contributed by atoms with Gasteiger partial charge in [-0.2, -0.15) is 0 Å². The molecule has 1 aromatic carbocycles. The van der Waals surface area contributed by atoms with Crippen LogP contribution in [0.1, 0.15) is 12.8 Å². The summed E-state index contributed by atoms with van der Waals surface area (Å²) in [5, 5.41) is 8.69. The van der Waals surface area contributed by atoms with Crippen molar-refractivity contribution >= 4 is 39.9 Å². The first kappa shape index (κ1) is 16.8. The van der Waals surface area contributed by atoms with Crippen molar-refractivity contribution in [3.05, 3.63) is 67.0 Å². The van der Waals surface area contributed by atoms with Crippen LogP contribution in [0.25, 0.3) is 22.3 Å². The second-order valence-corrected chi connectivity index (χ2v) is 8.68. The Morgan fingerprint density at radius 3 is 2.72 bits per heavy atom. The molecule has 0 radical (unpaired) electrons. The van der Waals surface area contributed by atoms with E-state index < -0.39 is 0 Å². The first-order valence-corrected chi connectivity index (χ1v) is 10.7. The van der Waals surface area contributed by atoms with Gasteiger partial charge in [0, 0.05) is 34.1 Å². The number of aromatic nitrogens is 3. The minimum atomic E-state index is 0.524. The first-order chi connectivity index (χ1) is 14.3. The summed E-state index contributed by atoms with van der Waals surface area (Å²) in [6.45, 7) is 0. The molecule has 2 N–H and O–H groups in total. The molecule has 2 aliphatic rings. The number of fused-ring (bicyclic) bond motifs is 2. The molecule has 1 atom stereocenters. The van der Waals surface area contributed by atoms with Gasteiger partial charge in [-0.3, -0.25) is 9.97 Å². The van der Waals surface area contributed by atoms with Crippen molar-refractivity contribution in [3.8, 4) is 11.4 Å². The lowest BCUT2D eigenvalue weighted by molar-refractivity contribution is 0.842. The highest BCUT2D eigenvalue weighted by atomic mass is 32.2. The van der Waals surface area contributed by atoms with Gasteiger partial charge in [-0.1, -0.05) is 17.8 Å². The van der Waals surface area contributed by atoms with E-state index in [1.54, 1.807) is 6.20 Å². The number of nitrogens with one attached hydrogen (secondary N) is 2. The molecule has 0 saturated heterocycles. The van der Waals surface area contributed by atoms with Gasteiger partial charge in [0.1, 0.15) is 5.82 Å². The molecule has 4 aromatic rings. The minimum Gasteiger partial charge on any atom is -0.372 e. The lowest BCUT2D eigenvalue weighted by atomic mass is 10.1. The number of rotatable bonds is 4. The fourth-order valence-corrected chi connectivity index (χ4v) is 5.08. The monoisotopic (exact) mass is 397 g/mol. The standard InChI is InChI=1S/C23H19N5S/c1-2-10-24-17(5-1)20-13-19-16(4-3-11-25-19)22(27-20)26-15-8-9-18-21(12-15)29-23(28-18)14-6-7-14/h1-5,8-14,23,28H,6-7H2,(H,26,27). The molecule has 6 rings (SSSR count). The average molecular weight is 398 g/mol. The number of pyridine rings is 3. The van der Waals surface area contributed by atoms with Crippen LogP contribution in [0.4, 0.5) is 17.2 Å². The van der Waals surface area contributed by atoms with Crippen LogP contribution in [-0.4, -0.2) is 20.3 Å². The van der Waals surface area contributed by atoms with Crippen molar-refractivity contribution in [2.45, 2.75) is 23.1 Å². The van der Waals surface area contributed by atoms with Crippen LogP contribution >= 0.6 is 11.8 Å². The van der Waals surface area contributed by atoms with Crippen molar-refractivity contribution in [1.82, 2.24) is 15.0 Å². The smallest absolute Gasteiger partial charge is 0.140 e. The maximum atomic E-state index is 4.88. The topological polar surface area (TPSA) is 62.7 Å². The van der Waals surface area contributed by atoms with Crippen LogP contribution in [-0.2, 0) is 0 Å². The van der Waals surface area contributed by atoms with Crippen LogP contribution in [0, 0.1) is 5.92 Å². The maximum Gasteiger partial charge on any atom is 0.140 e. The third-order valence-electron chi connectivity index (χ3n) is 5.37. The number of nitrogens with zero attached hydrogens (tertiary/aromatic N) is 3. The molecule has 29 heavy (non-hydrogen) atoms. The average Bonchev–Trinajstić information content (AvgIpc) is 3.53. The van der Waals surface area contributed by atoms with E-state index in [9.17, 15) is 0 Å². The Morgan fingerprint density at radius 1 is 0.931 bits per heavy atom. The van der Waals surface area contributed by atoms with E-state index in [4.69, 9.17) is 4.98 Å². The Morgan fingerprint density at radius 2 is 1.86 bits per heavy atom. The summed E-state index contributed by atoms with van der Waals surface area (Å²) >= 11 is 1.94. The van der Waals surface area contributed by atoms with Crippen LogP contribution in [0.15, 0.2) is 71.9 Å². The number of hydrogen-bond donors (Lipinski definition) is 2. The number of thioether (sulfide) groups is 1. The van der Waals surface area contributed by atoms with Gasteiger partial charge in [0.2, 0.25) is 0 Å². The molecule has 0 spiro atoms. The largest absolute Gasteiger partial charge is 0.372 e. The predicted molar refractivity (Wildman–Crippen MR) is 118 cm³/mol. The molecule has 5 nitrogen and oxygen atoms in total. The fraction of sp³-hybridized carbons (Fsp3) is 0.174. The number of benzene rings is 1. The second-order valence-electron chi connectivity index (χ2n) is 7.50. The van der Waals surface area contributed by atoms with E-state index in [1.165, 1.54) is 23.4 Å². The molecule has 3 aromatic heterocycles. The predicted octanol–water partition coefficient (Wildman–Crippen LogP) is 5.69. The van der Waals surface area contributed by atoms with Gasteiger partial charge in [0.15, 0.2) is 0 Å². The van der Waals surface area contributed by atoms with Crippen molar-refractivity contribution in [2.24, 2.45) is 5.92 Å². The third kappa shape index (κ3) is 3.19. The molecule has 1 saturated carbocycles. The van der Waals surface area contributed by atoms with Gasteiger partial charge in [-0.25, -0.2) is 4.98 Å². The third-order valence-corrected chi connectivity index (χ3v) is 6.72. The van der Waals surface area contributed by atoms with E-state index in [2.05, 4.69) is 38.8 Å². The second kappa shape index (κ2) is 6.74. The summed E-state index contributed by atoms with van der Waals surface area (Å²) in [7, 11) is 0. The van der Waals surface area contributed by atoms with E-state index >= 15 is 0 Å². The van der Waals surface area contributed by atoms with Crippen LogP contribution in [0.5, 0.6) is 0 Å². The fourth-order valence-electron chi connectivity index (χ4n) is 3.70. The lowest BCUT2D eigenvalue weighted by Gasteiger charge is -2.12. The van der Waals surface area contributed by atoms with Crippen molar-refractivity contribution in [2.75, 3.05) is 10.6 Å². The zero-order valence-corrected chi connectivity index (χ0v) is 16.5. The molecule has 142 valence electrons. The molecule has 0 bridgehead atoms. The van der Waals surface area contributed by atoms with Gasteiger partial charge in [-0.15, -0.1) is 0 Å². The van der Waals surface area contributed by atoms with Crippen molar-refractivity contribution in [3.63, 3.8) is 0 Å². The molecular weight excluding hydrogens is 378 g/mol. The number of anilines is 3. The van der Waals surface area contributed by atoms with E-state index in [0.717, 1.165) is 39.7 Å². The Labute approximate surface area is 173 Å². The summed E-state index contributed by atoms with van der Waals surface area (Å²) in [5.41, 5.74) is 4.82. The molecule has 1 aliphatic heterocycles. The maximum absolute atomic E-state index is 4.88. The van der Waals surface area contributed by atoms with Gasteiger partial charge >= 0.3 is 0 Å². The summed E-state index contributed by atoms with van der Waals surface area (Å²) in [5.74, 6) is 1.61. The summed E-state index contributed by atoms with van der Waals surface area (Å²) < 4.78 is 0. The normalized spacial score (nSPS) is 17.7. The highest BCUT2D eigenvalue weighted by molar-refractivity contribution is 8.00. The summed E-state index contributed by atoms with van der Waals surface area (Å²) in [6, 6.07) is 18.3. The van der Waals surface area contributed by atoms with Gasteiger partial charge < -0.3 is 10.6 Å². The Balaban J connectivity index is 1.38. The van der Waals surface area contributed by atoms with E-state index in [-0.39, 0.29) is 0 Å². The van der Waals surface area contributed by atoms with Gasteiger partial charge in [-0.05, 0) is 67.3 Å². The van der Waals surface area contributed by atoms with Crippen LogP contribution in [0.3, 0.4) is 0 Å². The number of hydrogen-bond acceptors (Lipinski definition) is 6. The van der Waals surface area contributed by atoms with Crippen molar-refractivity contribution in [1.29, 1.82) is 0 Å². The van der Waals surface area contributed by atoms with E-state index in [1.807, 2.05) is 54.4 Å². The Kier molecular flexibility index (Phi) is 3.90. The molecule has 0 amide bonds. The SMILES string of the molecule is c1ccc(-c2cc3ncccc3c(Nc3ccc4c(c3)SC(C3CC3)N4)n2)nc1. The van der Waals surface area contributed by atoms with Crippen molar-refractivity contribution < 1.29 is 0 Å². The quantitative estimate of drug-likeness (QED) is 0.461. The van der Waals surface area contributed by atoms with Gasteiger partial charge in [0.25, 0.3) is 0 Å². The molecular formula is C23H19N5S. The van der Waals surface area contributed by atoms with Crippen LogP contribution < -0.4 is 10.6 Å².